The van der Waals surface area contributed by atoms with Gasteiger partial charge in [-0.05, 0) is 6.92 Å². The minimum atomic E-state index is -0.430. The van der Waals surface area contributed by atoms with Gasteiger partial charge in [0.25, 0.3) is 0 Å². The summed E-state index contributed by atoms with van der Waals surface area (Å²) in [4.78, 5) is 4.33. The van der Waals surface area contributed by atoms with E-state index in [1.165, 1.54) is 13.2 Å². The van der Waals surface area contributed by atoms with Gasteiger partial charge in [0.2, 0.25) is 0 Å². The van der Waals surface area contributed by atoms with Crippen LogP contribution < -0.4 is 4.74 Å². The van der Waals surface area contributed by atoms with Gasteiger partial charge in [-0.2, -0.15) is 0 Å². The van der Waals surface area contributed by atoms with E-state index in [1.54, 1.807) is 13.2 Å². The standard InChI is InChI=1S/C13H16ClFN2O2/c1-8(18-2)7-17-11-5-12(19-3)9(15)4-10(11)16-13(17)6-14/h4-5,8H,6-7H2,1-3H3. The van der Waals surface area contributed by atoms with Crippen molar-refractivity contribution in [3.05, 3.63) is 23.8 Å². The molecule has 0 saturated carbocycles. The Kier molecular flexibility index (Phi) is 4.27. The molecule has 104 valence electrons. The van der Waals surface area contributed by atoms with Crippen LogP contribution in [0.3, 0.4) is 0 Å². The average molecular weight is 287 g/mol. The maximum Gasteiger partial charge on any atom is 0.167 e. The summed E-state index contributed by atoms with van der Waals surface area (Å²) in [7, 11) is 3.08. The predicted molar refractivity (Wildman–Crippen MR) is 72.3 cm³/mol. The van der Waals surface area contributed by atoms with Crippen molar-refractivity contribution in [2.24, 2.45) is 0 Å². The van der Waals surface area contributed by atoms with E-state index in [9.17, 15) is 4.39 Å². The van der Waals surface area contributed by atoms with Crippen molar-refractivity contribution in [3.8, 4) is 5.75 Å². The van der Waals surface area contributed by atoms with Crippen LogP contribution in [0.4, 0.5) is 4.39 Å². The summed E-state index contributed by atoms with van der Waals surface area (Å²) < 4.78 is 25.8. The number of fused-ring (bicyclic) bond motifs is 1. The molecule has 0 aliphatic heterocycles. The molecule has 1 aromatic heterocycles. The van der Waals surface area contributed by atoms with Gasteiger partial charge < -0.3 is 14.0 Å². The summed E-state index contributed by atoms with van der Waals surface area (Å²) >= 11 is 5.89. The Morgan fingerprint density at radius 1 is 1.42 bits per heavy atom. The molecule has 0 aliphatic rings. The van der Waals surface area contributed by atoms with Crippen LogP contribution in [-0.2, 0) is 17.2 Å². The molecular formula is C13H16ClFN2O2. The number of rotatable bonds is 5. The molecule has 1 unspecified atom stereocenters. The van der Waals surface area contributed by atoms with Crippen molar-refractivity contribution in [1.82, 2.24) is 9.55 Å². The summed E-state index contributed by atoms with van der Waals surface area (Å²) in [5.41, 5.74) is 1.36. The number of nitrogens with zero attached hydrogens (tertiary/aromatic N) is 2. The highest BCUT2D eigenvalue weighted by atomic mass is 35.5. The van der Waals surface area contributed by atoms with Crippen molar-refractivity contribution < 1.29 is 13.9 Å². The molecule has 0 aliphatic carbocycles. The number of halogens is 2. The Labute approximate surface area is 116 Å². The maximum absolute atomic E-state index is 13.7. The first-order chi connectivity index (χ1) is 9.10. The molecule has 4 nitrogen and oxygen atoms in total. The van der Waals surface area contributed by atoms with E-state index in [4.69, 9.17) is 21.1 Å². The van der Waals surface area contributed by atoms with Crippen LogP contribution in [0.5, 0.6) is 5.75 Å². The summed E-state index contributed by atoms with van der Waals surface area (Å²) in [5.74, 6) is 0.711. The smallest absolute Gasteiger partial charge is 0.167 e. The van der Waals surface area contributed by atoms with Gasteiger partial charge in [-0.25, -0.2) is 9.37 Å². The van der Waals surface area contributed by atoms with Gasteiger partial charge in [0, 0.05) is 19.2 Å². The highest BCUT2D eigenvalue weighted by Gasteiger charge is 2.15. The van der Waals surface area contributed by atoms with E-state index in [0.29, 0.717) is 17.9 Å². The molecule has 2 aromatic rings. The topological polar surface area (TPSA) is 36.3 Å². The number of ether oxygens (including phenoxy) is 2. The minimum Gasteiger partial charge on any atom is -0.494 e. The van der Waals surface area contributed by atoms with Crippen LogP contribution in [0.1, 0.15) is 12.7 Å². The second kappa shape index (κ2) is 5.75. The second-order valence-corrected chi connectivity index (χ2v) is 4.56. The van der Waals surface area contributed by atoms with Gasteiger partial charge in [-0.3, -0.25) is 0 Å². The van der Waals surface area contributed by atoms with Crippen molar-refractivity contribution in [3.63, 3.8) is 0 Å². The second-order valence-electron chi connectivity index (χ2n) is 4.29. The SMILES string of the molecule is COc1cc2c(cc1F)nc(CCl)n2CC(C)OC. The molecular weight excluding hydrogens is 271 g/mol. The molecule has 0 fully saturated rings. The van der Waals surface area contributed by atoms with Crippen LogP contribution in [0, 0.1) is 5.82 Å². The zero-order valence-corrected chi connectivity index (χ0v) is 11.9. The Balaban J connectivity index is 2.58. The number of hydrogen-bond donors (Lipinski definition) is 0. The first kappa shape index (κ1) is 14.1. The number of imidazole rings is 1. The first-order valence-electron chi connectivity index (χ1n) is 5.92. The number of benzene rings is 1. The van der Waals surface area contributed by atoms with Gasteiger partial charge in [0.1, 0.15) is 5.82 Å². The van der Waals surface area contributed by atoms with Crippen molar-refractivity contribution in [2.75, 3.05) is 14.2 Å². The predicted octanol–water partition coefficient (Wildman–Crippen LogP) is 2.96. The quantitative estimate of drug-likeness (QED) is 0.793. The zero-order chi connectivity index (χ0) is 14.0. The summed E-state index contributed by atoms with van der Waals surface area (Å²) in [6, 6.07) is 2.99. The average Bonchev–Trinajstić information content (AvgIpc) is 2.74. The number of alkyl halides is 1. The van der Waals surface area contributed by atoms with Crippen LogP contribution >= 0.6 is 11.6 Å². The van der Waals surface area contributed by atoms with Crippen LogP contribution in [0.15, 0.2) is 12.1 Å². The van der Waals surface area contributed by atoms with Gasteiger partial charge in [0.15, 0.2) is 11.6 Å². The van der Waals surface area contributed by atoms with E-state index in [-0.39, 0.29) is 17.7 Å². The largest absolute Gasteiger partial charge is 0.494 e. The highest BCUT2D eigenvalue weighted by molar-refractivity contribution is 6.16. The molecule has 0 N–H and O–H groups in total. The molecule has 2 rings (SSSR count). The Bertz CT molecular complexity index is 586. The first-order valence-corrected chi connectivity index (χ1v) is 6.45. The van der Waals surface area contributed by atoms with E-state index >= 15 is 0 Å². The van der Waals surface area contributed by atoms with Gasteiger partial charge in [0.05, 0.1) is 36.7 Å². The normalized spacial score (nSPS) is 12.9. The molecule has 0 bridgehead atoms. The zero-order valence-electron chi connectivity index (χ0n) is 11.1. The third kappa shape index (κ3) is 2.67. The number of hydrogen-bond acceptors (Lipinski definition) is 3. The molecule has 0 amide bonds. The van der Waals surface area contributed by atoms with E-state index in [1.807, 2.05) is 11.5 Å². The van der Waals surface area contributed by atoms with Crippen molar-refractivity contribution in [1.29, 1.82) is 0 Å². The van der Waals surface area contributed by atoms with E-state index in [2.05, 4.69) is 4.98 Å². The molecule has 6 heteroatoms. The minimum absolute atomic E-state index is 0.00964. The Hall–Kier alpha value is -1.33. The van der Waals surface area contributed by atoms with E-state index in [0.717, 1.165) is 5.52 Å². The molecule has 0 spiro atoms. The van der Waals surface area contributed by atoms with Gasteiger partial charge in [-0.1, -0.05) is 0 Å². The number of aromatic nitrogens is 2. The van der Waals surface area contributed by atoms with Gasteiger partial charge in [-0.15, -0.1) is 11.6 Å². The van der Waals surface area contributed by atoms with Crippen molar-refractivity contribution >= 4 is 22.6 Å². The Morgan fingerprint density at radius 2 is 2.16 bits per heavy atom. The molecule has 19 heavy (non-hydrogen) atoms. The fraction of sp³-hybridized carbons (Fsp3) is 0.462. The third-order valence-corrected chi connectivity index (χ3v) is 3.30. The molecule has 1 atom stereocenters. The lowest BCUT2D eigenvalue weighted by Crippen LogP contribution is -2.16. The summed E-state index contributed by atoms with van der Waals surface area (Å²) in [6.45, 7) is 2.55. The van der Waals surface area contributed by atoms with Gasteiger partial charge >= 0.3 is 0 Å². The third-order valence-electron chi connectivity index (χ3n) is 3.06. The lowest BCUT2D eigenvalue weighted by Gasteiger charge is -2.13. The molecule has 1 aromatic carbocycles. The maximum atomic E-state index is 13.7. The highest BCUT2D eigenvalue weighted by Crippen LogP contribution is 2.26. The molecule has 0 radical (unpaired) electrons. The molecule has 0 saturated heterocycles. The molecule has 1 heterocycles. The fourth-order valence-electron chi connectivity index (χ4n) is 1.97. The lowest BCUT2D eigenvalue weighted by atomic mass is 10.2. The van der Waals surface area contributed by atoms with Crippen LogP contribution in [0.25, 0.3) is 11.0 Å². The lowest BCUT2D eigenvalue weighted by molar-refractivity contribution is 0.103. The summed E-state index contributed by atoms with van der Waals surface area (Å²) in [5, 5.41) is 0. The number of methoxy groups -OCH3 is 2. The van der Waals surface area contributed by atoms with Crippen LogP contribution in [0.2, 0.25) is 0 Å². The summed E-state index contributed by atoms with van der Waals surface area (Å²) in [6.07, 6.45) is 0.00964. The Morgan fingerprint density at radius 3 is 2.74 bits per heavy atom. The monoisotopic (exact) mass is 286 g/mol. The van der Waals surface area contributed by atoms with Crippen molar-refractivity contribution in [2.45, 2.75) is 25.5 Å². The van der Waals surface area contributed by atoms with E-state index < -0.39 is 5.82 Å². The fourth-order valence-corrected chi connectivity index (χ4v) is 2.17. The van der Waals surface area contributed by atoms with Crippen LogP contribution in [-0.4, -0.2) is 29.9 Å².